The van der Waals surface area contributed by atoms with Crippen LogP contribution >= 0.6 is 27.5 Å². The molecule has 0 fully saturated rings. The third-order valence-corrected chi connectivity index (χ3v) is 4.39. The maximum atomic E-state index is 14.0. The summed E-state index contributed by atoms with van der Waals surface area (Å²) in [6, 6.07) is 11.2. The fourth-order valence-corrected chi connectivity index (χ4v) is 2.80. The second-order valence-electron chi connectivity index (χ2n) is 5.06. The lowest BCUT2D eigenvalue weighted by atomic mass is 9.97. The quantitative estimate of drug-likeness (QED) is 0.738. The third-order valence-electron chi connectivity index (χ3n) is 3.47. The van der Waals surface area contributed by atoms with Crippen molar-refractivity contribution in [1.29, 1.82) is 0 Å². The Bertz CT molecular complexity index is 630. The molecule has 0 heterocycles. The first-order valence-corrected chi connectivity index (χ1v) is 8.11. The zero-order valence-electron chi connectivity index (χ0n) is 12.1. The van der Waals surface area contributed by atoms with Crippen LogP contribution in [0.1, 0.15) is 29.7 Å². The molecule has 1 atom stereocenters. The van der Waals surface area contributed by atoms with Gasteiger partial charge in [0.1, 0.15) is 5.82 Å². The molecule has 0 aromatic heterocycles. The van der Waals surface area contributed by atoms with Crippen LogP contribution in [0.4, 0.5) is 4.39 Å². The molecule has 2 aromatic rings. The first-order valence-electron chi connectivity index (χ1n) is 6.94. The predicted octanol–water partition coefficient (Wildman–Crippen LogP) is 5.44. The lowest BCUT2D eigenvalue weighted by molar-refractivity contribution is 0.527. The van der Waals surface area contributed by atoms with E-state index in [1.54, 1.807) is 0 Å². The predicted molar refractivity (Wildman–Crippen MR) is 90.4 cm³/mol. The molecule has 0 radical (unpaired) electrons. The Morgan fingerprint density at radius 3 is 2.62 bits per heavy atom. The Balaban J connectivity index is 2.28. The maximum absolute atomic E-state index is 14.0. The maximum Gasteiger partial charge on any atom is 0.127 e. The van der Waals surface area contributed by atoms with Crippen LogP contribution in [0.15, 0.2) is 40.9 Å². The lowest BCUT2D eigenvalue weighted by Gasteiger charge is -2.20. The molecule has 0 saturated carbocycles. The van der Waals surface area contributed by atoms with Crippen LogP contribution in [-0.4, -0.2) is 6.54 Å². The average Bonchev–Trinajstić information content (AvgIpc) is 2.44. The van der Waals surface area contributed by atoms with E-state index in [4.69, 9.17) is 11.6 Å². The van der Waals surface area contributed by atoms with E-state index in [0.29, 0.717) is 12.0 Å². The van der Waals surface area contributed by atoms with E-state index >= 15 is 0 Å². The number of rotatable bonds is 5. The standard InChI is InChI=1S/C17H18BrClFN/c1-3-21-17(13-5-7-15(19)11(2)8-13)9-12-4-6-14(18)10-16(12)20/h4-8,10,17,21H,3,9H2,1-2H3. The highest BCUT2D eigenvalue weighted by Crippen LogP contribution is 2.25. The van der Waals surface area contributed by atoms with Gasteiger partial charge in [-0.2, -0.15) is 0 Å². The number of likely N-dealkylation sites (N-methyl/N-ethyl adjacent to an activating group) is 1. The molecule has 0 saturated heterocycles. The number of hydrogen-bond donors (Lipinski definition) is 1. The smallest absolute Gasteiger partial charge is 0.127 e. The summed E-state index contributed by atoms with van der Waals surface area (Å²) in [6.45, 7) is 4.85. The van der Waals surface area contributed by atoms with Crippen LogP contribution in [0.3, 0.4) is 0 Å². The van der Waals surface area contributed by atoms with E-state index in [0.717, 1.165) is 27.2 Å². The van der Waals surface area contributed by atoms with Gasteiger partial charge in [-0.1, -0.05) is 52.7 Å². The molecular weight excluding hydrogens is 353 g/mol. The van der Waals surface area contributed by atoms with Gasteiger partial charge in [0.25, 0.3) is 0 Å². The highest BCUT2D eigenvalue weighted by molar-refractivity contribution is 9.10. The zero-order chi connectivity index (χ0) is 15.4. The molecule has 0 spiro atoms. The molecule has 21 heavy (non-hydrogen) atoms. The minimum Gasteiger partial charge on any atom is -0.310 e. The molecule has 1 unspecified atom stereocenters. The summed E-state index contributed by atoms with van der Waals surface area (Å²) in [5.41, 5.74) is 2.87. The summed E-state index contributed by atoms with van der Waals surface area (Å²) in [4.78, 5) is 0. The van der Waals surface area contributed by atoms with Gasteiger partial charge in [0.15, 0.2) is 0 Å². The van der Waals surface area contributed by atoms with Gasteiger partial charge in [-0.3, -0.25) is 0 Å². The van der Waals surface area contributed by atoms with Gasteiger partial charge in [-0.15, -0.1) is 0 Å². The van der Waals surface area contributed by atoms with Crippen molar-refractivity contribution in [3.8, 4) is 0 Å². The fraction of sp³-hybridized carbons (Fsp3) is 0.294. The van der Waals surface area contributed by atoms with E-state index in [9.17, 15) is 4.39 Å². The lowest BCUT2D eigenvalue weighted by Crippen LogP contribution is -2.23. The summed E-state index contributed by atoms with van der Waals surface area (Å²) < 4.78 is 14.8. The number of benzene rings is 2. The first-order chi connectivity index (χ1) is 10.0. The summed E-state index contributed by atoms with van der Waals surface area (Å²) >= 11 is 9.36. The summed E-state index contributed by atoms with van der Waals surface area (Å²) in [7, 11) is 0. The Morgan fingerprint density at radius 2 is 2.00 bits per heavy atom. The van der Waals surface area contributed by atoms with Gasteiger partial charge in [0, 0.05) is 15.5 Å². The summed E-state index contributed by atoms with van der Waals surface area (Å²) in [6.07, 6.45) is 0.605. The molecule has 0 aliphatic heterocycles. The Hall–Kier alpha value is -0.900. The highest BCUT2D eigenvalue weighted by Gasteiger charge is 2.14. The molecule has 0 aliphatic carbocycles. The second-order valence-corrected chi connectivity index (χ2v) is 6.38. The minimum atomic E-state index is -0.182. The Kier molecular flexibility index (Phi) is 5.80. The van der Waals surface area contributed by atoms with E-state index in [2.05, 4.69) is 27.3 Å². The van der Waals surface area contributed by atoms with E-state index < -0.39 is 0 Å². The van der Waals surface area contributed by atoms with Crippen molar-refractivity contribution in [2.24, 2.45) is 0 Å². The number of hydrogen-bond acceptors (Lipinski definition) is 1. The normalized spacial score (nSPS) is 12.4. The first kappa shape index (κ1) is 16.5. The zero-order valence-corrected chi connectivity index (χ0v) is 14.4. The highest BCUT2D eigenvalue weighted by atomic mass is 79.9. The molecular formula is C17H18BrClFN. The molecule has 0 bridgehead atoms. The Morgan fingerprint density at radius 1 is 1.24 bits per heavy atom. The van der Waals surface area contributed by atoms with Gasteiger partial charge in [0.05, 0.1) is 0 Å². The number of nitrogens with one attached hydrogen (secondary N) is 1. The van der Waals surface area contributed by atoms with Crippen molar-refractivity contribution >= 4 is 27.5 Å². The van der Waals surface area contributed by atoms with Crippen molar-refractivity contribution in [2.75, 3.05) is 6.54 Å². The van der Waals surface area contributed by atoms with Crippen LogP contribution in [0.5, 0.6) is 0 Å². The molecule has 0 aliphatic rings. The van der Waals surface area contributed by atoms with Crippen molar-refractivity contribution in [3.63, 3.8) is 0 Å². The van der Waals surface area contributed by atoms with Gasteiger partial charge in [-0.05, 0) is 54.8 Å². The van der Waals surface area contributed by atoms with Crippen LogP contribution in [0.2, 0.25) is 5.02 Å². The van der Waals surface area contributed by atoms with Crippen LogP contribution in [-0.2, 0) is 6.42 Å². The topological polar surface area (TPSA) is 12.0 Å². The van der Waals surface area contributed by atoms with Gasteiger partial charge in [0.2, 0.25) is 0 Å². The second kappa shape index (κ2) is 7.39. The van der Waals surface area contributed by atoms with Crippen LogP contribution < -0.4 is 5.32 Å². The van der Waals surface area contributed by atoms with Crippen LogP contribution in [0, 0.1) is 12.7 Å². The molecule has 1 nitrogen and oxygen atoms in total. The third kappa shape index (κ3) is 4.29. The van der Waals surface area contributed by atoms with Crippen molar-refractivity contribution in [3.05, 3.63) is 68.4 Å². The molecule has 2 rings (SSSR count). The molecule has 112 valence electrons. The number of halogens is 3. The van der Waals surface area contributed by atoms with Crippen molar-refractivity contribution in [2.45, 2.75) is 26.3 Å². The Labute approximate surface area is 138 Å². The minimum absolute atomic E-state index is 0.0710. The number of aryl methyl sites for hydroxylation is 1. The summed E-state index contributed by atoms with van der Waals surface area (Å²) in [5.74, 6) is -0.182. The van der Waals surface area contributed by atoms with Gasteiger partial charge in [-0.25, -0.2) is 4.39 Å². The van der Waals surface area contributed by atoms with E-state index in [1.807, 2.05) is 38.1 Å². The summed E-state index contributed by atoms with van der Waals surface area (Å²) in [5, 5.41) is 4.17. The van der Waals surface area contributed by atoms with Gasteiger partial charge >= 0.3 is 0 Å². The van der Waals surface area contributed by atoms with Crippen molar-refractivity contribution < 1.29 is 4.39 Å². The molecule has 4 heteroatoms. The molecule has 2 aromatic carbocycles. The fourth-order valence-electron chi connectivity index (χ4n) is 2.35. The van der Waals surface area contributed by atoms with E-state index in [-0.39, 0.29) is 11.9 Å². The monoisotopic (exact) mass is 369 g/mol. The van der Waals surface area contributed by atoms with E-state index in [1.165, 1.54) is 6.07 Å². The largest absolute Gasteiger partial charge is 0.310 e. The SMILES string of the molecule is CCNC(Cc1ccc(Br)cc1F)c1ccc(Cl)c(C)c1. The molecule has 0 amide bonds. The van der Waals surface area contributed by atoms with Crippen LogP contribution in [0.25, 0.3) is 0 Å². The van der Waals surface area contributed by atoms with Gasteiger partial charge < -0.3 is 5.32 Å². The van der Waals surface area contributed by atoms with Crippen molar-refractivity contribution in [1.82, 2.24) is 5.32 Å². The average molecular weight is 371 g/mol. The molecule has 1 N–H and O–H groups in total.